The topological polar surface area (TPSA) is 58.2 Å². The first-order valence-electron chi connectivity index (χ1n) is 7.76. The van der Waals surface area contributed by atoms with Gasteiger partial charge in [-0.3, -0.25) is 9.89 Å². The number of nitrogens with zero attached hydrogens (tertiary/aromatic N) is 2. The number of H-pyrrole nitrogens is 1. The van der Waals surface area contributed by atoms with Crippen LogP contribution >= 0.6 is 0 Å². The molecule has 2 aromatic rings. The van der Waals surface area contributed by atoms with Crippen molar-refractivity contribution in [1.82, 2.24) is 15.1 Å². The molecule has 0 aliphatic rings. The number of hydrogen-bond donors (Lipinski definition) is 1. The summed E-state index contributed by atoms with van der Waals surface area (Å²) < 4.78 is 5.64. The Morgan fingerprint density at radius 1 is 1.27 bits per heavy atom. The summed E-state index contributed by atoms with van der Waals surface area (Å²) in [6, 6.07) is 11.3. The molecule has 0 aliphatic heterocycles. The van der Waals surface area contributed by atoms with Crippen molar-refractivity contribution < 1.29 is 9.53 Å². The van der Waals surface area contributed by atoms with Gasteiger partial charge in [-0.15, -0.1) is 0 Å². The Morgan fingerprint density at radius 2 is 2.05 bits per heavy atom. The number of nitrogens with one attached hydrogen (secondary N) is 1. The number of rotatable bonds is 8. The molecule has 1 aromatic carbocycles. The second-order valence-electron chi connectivity index (χ2n) is 5.12. The number of hydrogen-bond acceptors (Lipinski definition) is 3. The van der Waals surface area contributed by atoms with E-state index in [2.05, 4.69) is 17.1 Å². The van der Waals surface area contributed by atoms with Gasteiger partial charge in [-0.25, -0.2) is 0 Å². The molecule has 0 spiro atoms. The van der Waals surface area contributed by atoms with Crippen molar-refractivity contribution in [1.29, 1.82) is 0 Å². The molecule has 1 aromatic heterocycles. The zero-order valence-corrected chi connectivity index (χ0v) is 13.2. The maximum absolute atomic E-state index is 12.4. The van der Waals surface area contributed by atoms with E-state index in [4.69, 9.17) is 4.74 Å². The Kier molecular flexibility index (Phi) is 6.01. The summed E-state index contributed by atoms with van der Waals surface area (Å²) in [6.07, 6.45) is 2.08. The Labute approximate surface area is 131 Å². The van der Waals surface area contributed by atoms with E-state index < -0.39 is 0 Å². The molecule has 22 heavy (non-hydrogen) atoms. The molecule has 5 heteroatoms. The molecule has 0 atom stereocenters. The molecule has 1 heterocycles. The summed E-state index contributed by atoms with van der Waals surface area (Å²) >= 11 is 0. The van der Waals surface area contributed by atoms with Crippen molar-refractivity contribution in [2.75, 3.05) is 13.1 Å². The SMILES string of the molecule is CCCCN(CC)C(=O)c1cc(COc2ccccc2)[nH]n1. The number of aromatic nitrogens is 2. The Bertz CT molecular complexity index is 581. The molecular formula is C17H23N3O2. The number of unbranched alkanes of at least 4 members (excludes halogenated alkanes) is 1. The minimum Gasteiger partial charge on any atom is -0.487 e. The highest BCUT2D eigenvalue weighted by atomic mass is 16.5. The smallest absolute Gasteiger partial charge is 0.274 e. The van der Waals surface area contributed by atoms with Crippen LogP contribution in [0, 0.1) is 0 Å². The quantitative estimate of drug-likeness (QED) is 0.814. The lowest BCUT2D eigenvalue weighted by molar-refractivity contribution is 0.0756. The fourth-order valence-corrected chi connectivity index (χ4v) is 2.14. The van der Waals surface area contributed by atoms with Crippen molar-refractivity contribution >= 4 is 5.91 Å². The molecule has 118 valence electrons. The van der Waals surface area contributed by atoms with Gasteiger partial charge in [0.15, 0.2) is 5.69 Å². The third-order valence-electron chi connectivity index (χ3n) is 3.44. The average molecular weight is 301 g/mol. The molecule has 1 amide bonds. The lowest BCUT2D eigenvalue weighted by Crippen LogP contribution is -2.32. The van der Waals surface area contributed by atoms with Crippen LogP contribution < -0.4 is 4.74 Å². The number of aromatic amines is 1. The van der Waals surface area contributed by atoms with Crippen LogP contribution in [0.1, 0.15) is 42.9 Å². The Morgan fingerprint density at radius 3 is 2.73 bits per heavy atom. The molecule has 0 bridgehead atoms. The number of para-hydroxylation sites is 1. The maximum atomic E-state index is 12.4. The fourth-order valence-electron chi connectivity index (χ4n) is 2.14. The number of carbonyl (C=O) groups excluding carboxylic acids is 1. The van der Waals surface area contributed by atoms with Crippen LogP contribution in [0.2, 0.25) is 0 Å². The number of ether oxygens (including phenoxy) is 1. The van der Waals surface area contributed by atoms with Gasteiger partial charge >= 0.3 is 0 Å². The zero-order valence-electron chi connectivity index (χ0n) is 13.2. The van der Waals surface area contributed by atoms with E-state index in [-0.39, 0.29) is 5.91 Å². The van der Waals surface area contributed by atoms with Gasteiger partial charge in [-0.2, -0.15) is 5.10 Å². The first-order valence-corrected chi connectivity index (χ1v) is 7.76. The fraction of sp³-hybridized carbons (Fsp3) is 0.412. The second kappa shape index (κ2) is 8.22. The van der Waals surface area contributed by atoms with Crippen LogP contribution in [0.4, 0.5) is 0 Å². The number of benzene rings is 1. The van der Waals surface area contributed by atoms with E-state index >= 15 is 0 Å². The van der Waals surface area contributed by atoms with Gasteiger partial charge in [-0.05, 0) is 31.5 Å². The van der Waals surface area contributed by atoms with Crippen LogP contribution in [-0.4, -0.2) is 34.1 Å². The molecule has 5 nitrogen and oxygen atoms in total. The van der Waals surface area contributed by atoms with Crippen molar-refractivity contribution in [3.63, 3.8) is 0 Å². The molecule has 0 radical (unpaired) electrons. The normalized spacial score (nSPS) is 10.5. The van der Waals surface area contributed by atoms with Gasteiger partial charge in [0, 0.05) is 13.1 Å². The first kappa shape index (κ1) is 16.1. The molecule has 2 rings (SSSR count). The highest BCUT2D eigenvalue weighted by Crippen LogP contribution is 2.12. The van der Waals surface area contributed by atoms with Gasteiger partial charge < -0.3 is 9.64 Å². The monoisotopic (exact) mass is 301 g/mol. The van der Waals surface area contributed by atoms with Gasteiger partial charge in [0.1, 0.15) is 12.4 Å². The molecular weight excluding hydrogens is 278 g/mol. The van der Waals surface area contributed by atoms with Gasteiger partial charge in [0.2, 0.25) is 0 Å². The molecule has 1 N–H and O–H groups in total. The lowest BCUT2D eigenvalue weighted by atomic mass is 10.2. The predicted octanol–water partition coefficient (Wildman–Crippen LogP) is 3.25. The lowest BCUT2D eigenvalue weighted by Gasteiger charge is -2.19. The standard InChI is InChI=1S/C17H23N3O2/c1-3-5-11-20(4-2)17(21)16-12-14(18-19-16)13-22-15-9-7-6-8-10-15/h6-10,12H,3-5,11,13H2,1-2H3,(H,18,19). The molecule has 0 aliphatic carbocycles. The van der Waals surface area contributed by atoms with E-state index in [1.54, 1.807) is 6.07 Å². The summed E-state index contributed by atoms with van der Waals surface area (Å²) in [5, 5.41) is 6.98. The number of amides is 1. The van der Waals surface area contributed by atoms with Crippen LogP contribution in [-0.2, 0) is 6.61 Å². The Hall–Kier alpha value is -2.30. The third kappa shape index (κ3) is 4.35. The van der Waals surface area contributed by atoms with Crippen molar-refractivity contribution in [2.45, 2.75) is 33.3 Å². The summed E-state index contributed by atoms with van der Waals surface area (Å²) in [4.78, 5) is 14.2. The Balaban J connectivity index is 1.93. The zero-order chi connectivity index (χ0) is 15.8. The highest BCUT2D eigenvalue weighted by molar-refractivity contribution is 5.92. The van der Waals surface area contributed by atoms with Crippen LogP contribution in [0.3, 0.4) is 0 Å². The van der Waals surface area contributed by atoms with Crippen molar-refractivity contribution in [3.05, 3.63) is 47.8 Å². The predicted molar refractivity (Wildman–Crippen MR) is 85.8 cm³/mol. The summed E-state index contributed by atoms with van der Waals surface area (Å²) in [7, 11) is 0. The van der Waals surface area contributed by atoms with Crippen LogP contribution in [0.15, 0.2) is 36.4 Å². The molecule has 0 saturated heterocycles. The van der Waals surface area contributed by atoms with Crippen LogP contribution in [0.25, 0.3) is 0 Å². The third-order valence-corrected chi connectivity index (χ3v) is 3.44. The number of carbonyl (C=O) groups is 1. The van der Waals surface area contributed by atoms with Gasteiger partial charge in [-0.1, -0.05) is 31.5 Å². The summed E-state index contributed by atoms with van der Waals surface area (Å²) in [5.74, 6) is 0.765. The van der Waals surface area contributed by atoms with E-state index in [1.165, 1.54) is 0 Å². The van der Waals surface area contributed by atoms with E-state index in [0.29, 0.717) is 18.8 Å². The highest BCUT2D eigenvalue weighted by Gasteiger charge is 2.17. The van der Waals surface area contributed by atoms with Crippen LogP contribution in [0.5, 0.6) is 5.75 Å². The second-order valence-corrected chi connectivity index (χ2v) is 5.12. The average Bonchev–Trinajstić information content (AvgIpc) is 3.03. The van der Waals surface area contributed by atoms with E-state index in [0.717, 1.165) is 30.8 Å². The van der Waals surface area contributed by atoms with Gasteiger partial charge in [0.25, 0.3) is 5.91 Å². The molecule has 0 unspecified atom stereocenters. The van der Waals surface area contributed by atoms with Gasteiger partial charge in [0.05, 0.1) is 5.69 Å². The summed E-state index contributed by atoms with van der Waals surface area (Å²) in [5.41, 5.74) is 1.24. The first-order chi connectivity index (χ1) is 10.7. The van der Waals surface area contributed by atoms with Crippen molar-refractivity contribution in [2.24, 2.45) is 0 Å². The largest absolute Gasteiger partial charge is 0.487 e. The minimum atomic E-state index is -0.0295. The minimum absolute atomic E-state index is 0.0295. The van der Waals surface area contributed by atoms with E-state index in [9.17, 15) is 4.79 Å². The van der Waals surface area contributed by atoms with Crippen molar-refractivity contribution in [3.8, 4) is 5.75 Å². The van der Waals surface area contributed by atoms with E-state index in [1.807, 2.05) is 42.2 Å². The molecule has 0 fully saturated rings. The summed E-state index contributed by atoms with van der Waals surface area (Å²) in [6.45, 7) is 5.94. The maximum Gasteiger partial charge on any atom is 0.274 e. The molecule has 0 saturated carbocycles.